The van der Waals surface area contributed by atoms with Crippen molar-refractivity contribution in [3.63, 3.8) is 0 Å². The van der Waals surface area contributed by atoms with Crippen molar-refractivity contribution in [2.45, 2.75) is 39.5 Å². The fourth-order valence-corrected chi connectivity index (χ4v) is 2.40. The highest BCUT2D eigenvalue weighted by Crippen LogP contribution is 2.37. The monoisotopic (exact) mass is 237 g/mol. The summed E-state index contributed by atoms with van der Waals surface area (Å²) in [4.78, 5) is 14.3. The van der Waals surface area contributed by atoms with Crippen LogP contribution < -0.4 is 5.32 Å². The zero-order valence-corrected chi connectivity index (χ0v) is 11.0. The third-order valence-electron chi connectivity index (χ3n) is 3.71. The van der Waals surface area contributed by atoms with Gasteiger partial charge in [-0.3, -0.25) is 4.79 Å². The molecule has 1 rings (SSSR count). The Balaban J connectivity index is 2.37. The van der Waals surface area contributed by atoms with E-state index in [1.807, 2.05) is 0 Å². The zero-order valence-electron chi connectivity index (χ0n) is 11.0. The van der Waals surface area contributed by atoms with Crippen LogP contribution in [-0.4, -0.2) is 37.0 Å². The summed E-state index contributed by atoms with van der Waals surface area (Å²) >= 11 is 0. The van der Waals surface area contributed by atoms with Gasteiger partial charge in [-0.25, -0.2) is 0 Å². The maximum absolute atomic E-state index is 12.0. The summed E-state index contributed by atoms with van der Waals surface area (Å²) in [5.74, 6) is -0.0651. The van der Waals surface area contributed by atoms with E-state index >= 15 is 0 Å². The molecule has 0 bridgehead atoms. The fraction of sp³-hybridized carbons (Fsp3) is 0.846. The van der Waals surface area contributed by atoms with Crippen LogP contribution in [0, 0.1) is 16.7 Å². The molecular weight excluding hydrogens is 214 g/mol. The van der Waals surface area contributed by atoms with E-state index in [9.17, 15) is 4.79 Å². The summed E-state index contributed by atoms with van der Waals surface area (Å²) in [5, 5.41) is 12.1. The van der Waals surface area contributed by atoms with Gasteiger partial charge in [-0.05, 0) is 25.9 Å². The maximum Gasteiger partial charge on any atom is 0.240 e. The van der Waals surface area contributed by atoms with Crippen molar-refractivity contribution in [3.05, 3.63) is 0 Å². The van der Waals surface area contributed by atoms with Gasteiger partial charge < -0.3 is 10.2 Å². The summed E-state index contributed by atoms with van der Waals surface area (Å²) in [6, 6.07) is 2.22. The number of nitriles is 1. The normalized spacial score (nSPS) is 18.0. The lowest BCUT2D eigenvalue weighted by molar-refractivity contribution is -0.128. The molecule has 4 heteroatoms. The van der Waals surface area contributed by atoms with Crippen LogP contribution in [0.5, 0.6) is 0 Å². The Hall–Kier alpha value is -1.08. The molecule has 0 atom stereocenters. The van der Waals surface area contributed by atoms with Gasteiger partial charge >= 0.3 is 0 Å². The molecule has 1 saturated carbocycles. The second-order valence-corrected chi connectivity index (χ2v) is 4.68. The average Bonchev–Trinajstić information content (AvgIpc) is 2.84. The maximum atomic E-state index is 12.0. The van der Waals surface area contributed by atoms with Crippen LogP contribution in [0.4, 0.5) is 0 Å². The standard InChI is InChI=1S/C13H23N3O/c1-3-16(4-2)10-9-15-12(17)13(11-14)7-5-6-8-13/h3-10H2,1-2H3,(H,15,17). The number of carbonyl (C=O) groups is 1. The van der Waals surface area contributed by atoms with Crippen LogP contribution >= 0.6 is 0 Å². The van der Waals surface area contributed by atoms with Crippen molar-refractivity contribution < 1.29 is 4.79 Å². The largest absolute Gasteiger partial charge is 0.353 e. The van der Waals surface area contributed by atoms with Gasteiger partial charge in [-0.15, -0.1) is 0 Å². The quantitative estimate of drug-likeness (QED) is 0.762. The lowest BCUT2D eigenvalue weighted by Gasteiger charge is -2.22. The van der Waals surface area contributed by atoms with Crippen LogP contribution in [0.3, 0.4) is 0 Å². The van der Waals surface area contributed by atoms with Crippen LogP contribution in [0.2, 0.25) is 0 Å². The number of likely N-dealkylation sites (N-methyl/N-ethyl adjacent to an activating group) is 1. The minimum atomic E-state index is -0.733. The molecule has 0 aliphatic heterocycles. The van der Waals surface area contributed by atoms with Gasteiger partial charge in [0.2, 0.25) is 5.91 Å². The summed E-state index contributed by atoms with van der Waals surface area (Å²) < 4.78 is 0. The van der Waals surface area contributed by atoms with Crippen molar-refractivity contribution in [2.24, 2.45) is 5.41 Å². The van der Waals surface area contributed by atoms with E-state index in [0.717, 1.165) is 45.3 Å². The second-order valence-electron chi connectivity index (χ2n) is 4.68. The Morgan fingerprint density at radius 3 is 2.41 bits per heavy atom. The highest BCUT2D eigenvalue weighted by atomic mass is 16.2. The van der Waals surface area contributed by atoms with Gasteiger partial charge in [-0.1, -0.05) is 26.7 Å². The van der Waals surface area contributed by atoms with Crippen LogP contribution in [0.1, 0.15) is 39.5 Å². The third kappa shape index (κ3) is 3.44. The van der Waals surface area contributed by atoms with E-state index in [1.165, 1.54) is 0 Å². The SMILES string of the molecule is CCN(CC)CCNC(=O)C1(C#N)CCCC1. The predicted molar refractivity (Wildman–Crippen MR) is 67.3 cm³/mol. The van der Waals surface area contributed by atoms with Crippen LogP contribution in [0.25, 0.3) is 0 Å². The molecule has 1 N–H and O–H groups in total. The molecule has 4 nitrogen and oxygen atoms in total. The number of nitrogens with zero attached hydrogens (tertiary/aromatic N) is 2. The van der Waals surface area contributed by atoms with E-state index < -0.39 is 5.41 Å². The number of amides is 1. The summed E-state index contributed by atoms with van der Waals surface area (Å²) in [5.41, 5.74) is -0.733. The molecule has 1 aliphatic rings. The van der Waals surface area contributed by atoms with E-state index in [-0.39, 0.29) is 5.91 Å². The molecule has 0 aromatic carbocycles. The fourth-order valence-electron chi connectivity index (χ4n) is 2.40. The van der Waals surface area contributed by atoms with Gasteiger partial charge in [0.25, 0.3) is 0 Å². The van der Waals surface area contributed by atoms with Crippen molar-refractivity contribution in [2.75, 3.05) is 26.2 Å². The summed E-state index contributed by atoms with van der Waals surface area (Å²) in [6.07, 6.45) is 3.44. The smallest absolute Gasteiger partial charge is 0.240 e. The minimum Gasteiger partial charge on any atom is -0.353 e. The molecule has 96 valence electrons. The highest BCUT2D eigenvalue weighted by Gasteiger charge is 2.41. The first-order valence-electron chi connectivity index (χ1n) is 6.60. The van der Waals surface area contributed by atoms with E-state index in [2.05, 4.69) is 30.1 Å². The molecule has 0 saturated heterocycles. The predicted octanol–water partition coefficient (Wildman–Crippen LogP) is 1.53. The first-order chi connectivity index (χ1) is 8.18. The Kier molecular flexibility index (Phi) is 5.43. The molecule has 1 amide bonds. The molecule has 0 heterocycles. The van der Waals surface area contributed by atoms with Gasteiger partial charge in [-0.2, -0.15) is 5.26 Å². The third-order valence-corrected chi connectivity index (χ3v) is 3.71. The molecular formula is C13H23N3O. The Morgan fingerprint density at radius 2 is 1.94 bits per heavy atom. The molecule has 0 aromatic heterocycles. The van der Waals surface area contributed by atoms with Crippen molar-refractivity contribution in [1.29, 1.82) is 5.26 Å². The molecule has 0 spiro atoms. The number of carbonyl (C=O) groups excluding carboxylic acids is 1. The molecule has 17 heavy (non-hydrogen) atoms. The molecule has 0 unspecified atom stereocenters. The molecule has 1 aliphatic carbocycles. The van der Waals surface area contributed by atoms with Crippen molar-refractivity contribution >= 4 is 5.91 Å². The summed E-state index contributed by atoms with van der Waals surface area (Å²) in [7, 11) is 0. The molecule has 1 fully saturated rings. The number of hydrogen-bond acceptors (Lipinski definition) is 3. The second kappa shape index (κ2) is 6.61. The van der Waals surface area contributed by atoms with E-state index in [0.29, 0.717) is 6.54 Å². The number of nitrogens with one attached hydrogen (secondary N) is 1. The number of rotatable bonds is 6. The Labute approximate surface area is 104 Å². The van der Waals surface area contributed by atoms with Crippen LogP contribution in [-0.2, 0) is 4.79 Å². The Morgan fingerprint density at radius 1 is 1.35 bits per heavy atom. The Bertz CT molecular complexity index is 286. The van der Waals surface area contributed by atoms with Gasteiger partial charge in [0.15, 0.2) is 0 Å². The van der Waals surface area contributed by atoms with Crippen molar-refractivity contribution in [1.82, 2.24) is 10.2 Å². The molecule has 0 radical (unpaired) electrons. The first-order valence-corrected chi connectivity index (χ1v) is 6.60. The molecule has 0 aromatic rings. The van der Waals surface area contributed by atoms with E-state index in [1.54, 1.807) is 0 Å². The number of hydrogen-bond donors (Lipinski definition) is 1. The van der Waals surface area contributed by atoms with Gasteiger partial charge in [0.05, 0.1) is 6.07 Å². The van der Waals surface area contributed by atoms with Gasteiger partial charge in [0, 0.05) is 13.1 Å². The lowest BCUT2D eigenvalue weighted by atomic mass is 9.87. The first kappa shape index (κ1) is 14.0. The average molecular weight is 237 g/mol. The lowest BCUT2D eigenvalue weighted by Crippen LogP contribution is -2.42. The van der Waals surface area contributed by atoms with Gasteiger partial charge in [0.1, 0.15) is 5.41 Å². The topological polar surface area (TPSA) is 56.1 Å². The van der Waals surface area contributed by atoms with Crippen LogP contribution in [0.15, 0.2) is 0 Å². The minimum absolute atomic E-state index is 0.0651. The zero-order chi connectivity index (χ0) is 12.7. The van der Waals surface area contributed by atoms with E-state index in [4.69, 9.17) is 5.26 Å². The highest BCUT2D eigenvalue weighted by molar-refractivity contribution is 5.85. The van der Waals surface area contributed by atoms with Crippen molar-refractivity contribution in [3.8, 4) is 6.07 Å². The summed E-state index contributed by atoms with van der Waals surface area (Å²) in [6.45, 7) is 7.72.